The van der Waals surface area contributed by atoms with Gasteiger partial charge in [-0.2, -0.15) is 0 Å². The topological polar surface area (TPSA) is 0 Å². The maximum atomic E-state index is 2.46. The molecule has 1 aliphatic carbocycles. The summed E-state index contributed by atoms with van der Waals surface area (Å²) in [4.78, 5) is 0. The first-order valence-corrected chi connectivity index (χ1v) is 11.3. The molecular formula is C26H27Cl2Zr. The molecule has 0 fully saturated rings. The molecule has 3 heteroatoms. The molecule has 0 N–H and O–H groups in total. The van der Waals surface area contributed by atoms with E-state index in [-0.39, 0.29) is 24.8 Å². The van der Waals surface area contributed by atoms with E-state index in [2.05, 4.69) is 82.3 Å². The van der Waals surface area contributed by atoms with E-state index in [0.29, 0.717) is 11.8 Å². The number of benzene rings is 3. The zero-order valence-electron chi connectivity index (χ0n) is 17.5. The van der Waals surface area contributed by atoms with Gasteiger partial charge in [0.15, 0.2) is 0 Å². The number of rotatable bonds is 4. The molecule has 1 aliphatic rings. The molecule has 0 nitrogen and oxygen atoms in total. The summed E-state index contributed by atoms with van der Waals surface area (Å²) in [6.07, 6.45) is 2.15. The van der Waals surface area contributed by atoms with Crippen LogP contribution in [-0.2, 0) is 37.6 Å². The van der Waals surface area contributed by atoms with Crippen LogP contribution in [0.2, 0.25) is 0 Å². The van der Waals surface area contributed by atoms with E-state index in [9.17, 15) is 0 Å². The van der Waals surface area contributed by atoms with E-state index in [1.165, 1.54) is 63.7 Å². The Kier molecular flexibility index (Phi) is 8.37. The van der Waals surface area contributed by atoms with Crippen LogP contribution in [0.1, 0.15) is 72.9 Å². The van der Waals surface area contributed by atoms with Gasteiger partial charge in [-0.3, -0.25) is 0 Å². The van der Waals surface area contributed by atoms with Gasteiger partial charge in [0, 0.05) is 0 Å². The van der Waals surface area contributed by atoms with Crippen molar-refractivity contribution in [1.82, 2.24) is 0 Å². The molecule has 0 amide bonds. The first kappa shape index (κ1) is 24.4. The van der Waals surface area contributed by atoms with Gasteiger partial charge in [-0.05, 0) is 0 Å². The number of halogens is 2. The van der Waals surface area contributed by atoms with Gasteiger partial charge in [-0.25, -0.2) is 0 Å². The maximum Gasteiger partial charge on any atom is -1.00 e. The predicted octanol–water partition coefficient (Wildman–Crippen LogP) is 0.276. The quantitative estimate of drug-likeness (QED) is 0.377. The van der Waals surface area contributed by atoms with E-state index in [1.807, 2.05) is 0 Å². The molecule has 0 saturated heterocycles. The van der Waals surface area contributed by atoms with Gasteiger partial charge < -0.3 is 24.8 Å². The third kappa shape index (κ3) is 4.74. The second kappa shape index (κ2) is 9.95. The summed E-state index contributed by atoms with van der Waals surface area (Å²) in [7, 11) is 0. The molecule has 29 heavy (non-hydrogen) atoms. The van der Waals surface area contributed by atoms with Crippen LogP contribution >= 0.6 is 0 Å². The molecular weight excluding hydrogens is 474 g/mol. The van der Waals surface area contributed by atoms with Crippen LogP contribution in [0.5, 0.6) is 0 Å². The van der Waals surface area contributed by atoms with Crippen molar-refractivity contribution in [3.05, 3.63) is 88.0 Å². The van der Waals surface area contributed by atoms with Gasteiger partial charge in [-0.1, -0.05) is 0 Å². The normalized spacial score (nSPS) is 11.7. The Labute approximate surface area is 203 Å². The monoisotopic (exact) mass is 499 g/mol. The fourth-order valence-corrected chi connectivity index (χ4v) is 5.28. The second-order valence-electron chi connectivity index (χ2n) is 8.40. The molecule has 0 radical (unpaired) electrons. The molecule has 0 saturated carbocycles. The third-order valence-corrected chi connectivity index (χ3v) is 7.44. The number of fused-ring (bicyclic) bond motifs is 3. The summed E-state index contributed by atoms with van der Waals surface area (Å²) in [5, 5.41) is 0. The zero-order valence-corrected chi connectivity index (χ0v) is 21.5. The Morgan fingerprint density at radius 2 is 1.52 bits per heavy atom. The van der Waals surface area contributed by atoms with Gasteiger partial charge in [0.25, 0.3) is 0 Å². The van der Waals surface area contributed by atoms with Crippen molar-refractivity contribution in [1.29, 1.82) is 0 Å². The van der Waals surface area contributed by atoms with E-state index < -0.39 is 0 Å². The Bertz CT molecular complexity index is 1010. The first-order valence-electron chi connectivity index (χ1n) is 10.0. The van der Waals surface area contributed by atoms with Crippen LogP contribution in [0.4, 0.5) is 0 Å². The van der Waals surface area contributed by atoms with E-state index in [1.54, 1.807) is 8.83 Å². The Morgan fingerprint density at radius 1 is 0.793 bits per heavy atom. The molecule has 0 bridgehead atoms. The minimum absolute atomic E-state index is 0. The van der Waals surface area contributed by atoms with Crippen LogP contribution in [0.3, 0.4) is 0 Å². The Balaban J connectivity index is 0.00000150. The molecule has 0 spiro atoms. The molecule has 0 heterocycles. The summed E-state index contributed by atoms with van der Waals surface area (Å²) in [5.74, 6) is 1.14. The first-order chi connectivity index (χ1) is 13.0. The van der Waals surface area contributed by atoms with Crippen molar-refractivity contribution >= 4 is 3.27 Å². The van der Waals surface area contributed by atoms with Crippen LogP contribution < -0.4 is 28.1 Å². The SMILES string of the molecule is CC(C)c1ccc(C(C)C)c(Cc2ccc3c([c]2[Zr+2])Cc2ccccc2-3)c1.[Cl-].[Cl-]. The molecule has 0 unspecified atom stereocenters. The van der Waals surface area contributed by atoms with Crippen molar-refractivity contribution in [2.24, 2.45) is 0 Å². The van der Waals surface area contributed by atoms with Crippen molar-refractivity contribution in [3.8, 4) is 11.1 Å². The van der Waals surface area contributed by atoms with Gasteiger partial charge >= 0.3 is 179 Å². The van der Waals surface area contributed by atoms with Crippen molar-refractivity contribution in [3.63, 3.8) is 0 Å². The molecule has 0 atom stereocenters. The fraction of sp³-hybridized carbons (Fsp3) is 0.308. The Morgan fingerprint density at radius 3 is 2.21 bits per heavy atom. The molecule has 0 aliphatic heterocycles. The zero-order chi connectivity index (χ0) is 19.1. The standard InChI is InChI=1S/C26H27.2ClH.Zr/c1-17(2)20-10-12-24(18(3)4)22(15-20)13-19-9-11-26-23(14-19)16-21-7-5-6-8-25(21)26;;;/h5-12,15,17-18H,13,16H2,1-4H3;2*1H;/q;;;+2/p-2. The van der Waals surface area contributed by atoms with Crippen molar-refractivity contribution < 1.29 is 49.5 Å². The summed E-state index contributed by atoms with van der Waals surface area (Å²) < 4.78 is 1.57. The van der Waals surface area contributed by atoms with E-state index in [4.69, 9.17) is 0 Å². The van der Waals surface area contributed by atoms with Crippen LogP contribution in [0, 0.1) is 0 Å². The van der Waals surface area contributed by atoms with Crippen molar-refractivity contribution in [2.75, 3.05) is 0 Å². The van der Waals surface area contributed by atoms with Crippen molar-refractivity contribution in [2.45, 2.75) is 52.4 Å². The van der Waals surface area contributed by atoms with Crippen LogP contribution in [0.25, 0.3) is 11.1 Å². The summed E-state index contributed by atoms with van der Waals surface area (Å²) in [6, 6.07) is 20.8. The largest absolute Gasteiger partial charge is 1.00 e. The maximum absolute atomic E-state index is 2.46. The predicted molar refractivity (Wildman–Crippen MR) is 112 cm³/mol. The number of hydrogen-bond donors (Lipinski definition) is 0. The minimum Gasteiger partial charge on any atom is -1.00 e. The van der Waals surface area contributed by atoms with Gasteiger partial charge in [0.2, 0.25) is 0 Å². The van der Waals surface area contributed by atoms with E-state index in [0.717, 1.165) is 12.8 Å². The van der Waals surface area contributed by atoms with Crippen LogP contribution in [0.15, 0.2) is 54.6 Å². The van der Waals surface area contributed by atoms with Gasteiger partial charge in [0.05, 0.1) is 0 Å². The molecule has 4 rings (SSSR count). The summed E-state index contributed by atoms with van der Waals surface area (Å²) in [5.41, 5.74) is 11.9. The average molecular weight is 502 g/mol. The molecule has 149 valence electrons. The molecule has 0 aromatic heterocycles. The number of hydrogen-bond acceptors (Lipinski definition) is 0. The Hall–Kier alpha value is -0.877. The van der Waals surface area contributed by atoms with E-state index >= 15 is 0 Å². The fourth-order valence-electron chi connectivity index (χ4n) is 4.31. The van der Waals surface area contributed by atoms with Gasteiger partial charge in [-0.15, -0.1) is 0 Å². The third-order valence-electron chi connectivity index (χ3n) is 5.91. The second-order valence-corrected chi connectivity index (χ2v) is 9.63. The summed E-state index contributed by atoms with van der Waals surface area (Å²) >= 11 is 1.54. The summed E-state index contributed by atoms with van der Waals surface area (Å²) in [6.45, 7) is 9.20. The molecule has 3 aromatic carbocycles. The van der Waals surface area contributed by atoms with Gasteiger partial charge in [0.1, 0.15) is 0 Å². The average Bonchev–Trinajstić information content (AvgIpc) is 3.03. The molecule has 3 aromatic rings. The smallest absolute Gasteiger partial charge is 1.00 e. The minimum atomic E-state index is 0. The van der Waals surface area contributed by atoms with Crippen LogP contribution in [-0.4, -0.2) is 0 Å².